The van der Waals surface area contributed by atoms with Crippen LogP contribution >= 0.6 is 0 Å². The maximum atomic E-state index is 6.07. The second kappa shape index (κ2) is 7.23. The van der Waals surface area contributed by atoms with Crippen molar-refractivity contribution in [2.75, 3.05) is 33.6 Å². The molecule has 5 nitrogen and oxygen atoms in total. The number of fused-ring (bicyclic) bond motifs is 1. The number of nitrogens with one attached hydrogen (secondary N) is 1. The molecule has 0 aliphatic carbocycles. The number of piperidine rings is 1. The molecular formula is C20H23NO4. The molecule has 4 rings (SSSR count). The summed E-state index contributed by atoms with van der Waals surface area (Å²) in [5.41, 5.74) is 1.35. The Hall–Kier alpha value is -2.40. The fraction of sp³-hybridized carbons (Fsp3) is 0.400. The van der Waals surface area contributed by atoms with Gasteiger partial charge in [-0.15, -0.1) is 0 Å². The lowest BCUT2D eigenvalue weighted by Gasteiger charge is -2.32. The van der Waals surface area contributed by atoms with Gasteiger partial charge in [0.15, 0.2) is 11.5 Å². The van der Waals surface area contributed by atoms with Gasteiger partial charge in [0.05, 0.1) is 13.7 Å². The maximum Gasteiger partial charge on any atom is 0.231 e. The van der Waals surface area contributed by atoms with E-state index in [1.807, 2.05) is 30.3 Å². The first kappa shape index (κ1) is 16.1. The van der Waals surface area contributed by atoms with Crippen molar-refractivity contribution in [3.05, 3.63) is 48.0 Å². The van der Waals surface area contributed by atoms with Crippen molar-refractivity contribution in [3.63, 3.8) is 0 Å². The molecule has 0 aromatic heterocycles. The first-order valence-electron chi connectivity index (χ1n) is 8.70. The Bertz CT molecular complexity index is 716. The topological polar surface area (TPSA) is 49.0 Å². The summed E-state index contributed by atoms with van der Waals surface area (Å²) in [5.74, 6) is 4.16. The van der Waals surface area contributed by atoms with Crippen LogP contribution in [0.1, 0.15) is 17.9 Å². The van der Waals surface area contributed by atoms with E-state index in [2.05, 4.69) is 17.4 Å². The number of hydrogen-bond donors (Lipinski definition) is 1. The summed E-state index contributed by atoms with van der Waals surface area (Å²) < 4.78 is 22.1. The van der Waals surface area contributed by atoms with E-state index in [0.717, 1.165) is 42.5 Å². The fourth-order valence-corrected chi connectivity index (χ4v) is 3.56. The minimum absolute atomic E-state index is 0.283. The standard InChI is InChI=1S/C20H23NO4/c1-22-16-4-2-14(3-5-16)18-8-9-21-11-15(18)12-23-17-6-7-19-20(10-17)25-13-24-19/h2-7,10,15,18,21H,8-9,11-13H2,1H3/t15-,18-/m1/s1. The predicted octanol–water partition coefficient (Wildman–Crippen LogP) is 3.20. The minimum Gasteiger partial charge on any atom is -0.497 e. The molecule has 0 amide bonds. The number of rotatable bonds is 5. The Labute approximate surface area is 147 Å². The zero-order valence-electron chi connectivity index (χ0n) is 14.4. The van der Waals surface area contributed by atoms with Crippen molar-refractivity contribution in [1.29, 1.82) is 0 Å². The molecule has 0 unspecified atom stereocenters. The van der Waals surface area contributed by atoms with Crippen molar-refractivity contribution in [1.82, 2.24) is 5.32 Å². The average Bonchev–Trinajstić information content (AvgIpc) is 3.14. The summed E-state index contributed by atoms with van der Waals surface area (Å²) in [4.78, 5) is 0. The van der Waals surface area contributed by atoms with Gasteiger partial charge in [-0.2, -0.15) is 0 Å². The van der Waals surface area contributed by atoms with E-state index >= 15 is 0 Å². The first-order chi connectivity index (χ1) is 12.3. The maximum absolute atomic E-state index is 6.07. The van der Waals surface area contributed by atoms with Crippen molar-refractivity contribution < 1.29 is 18.9 Å². The van der Waals surface area contributed by atoms with Crippen LogP contribution < -0.4 is 24.3 Å². The molecule has 0 bridgehead atoms. The first-order valence-corrected chi connectivity index (χ1v) is 8.70. The van der Waals surface area contributed by atoms with E-state index in [1.54, 1.807) is 7.11 Å². The molecule has 2 aliphatic rings. The summed E-state index contributed by atoms with van der Waals surface area (Å²) in [6, 6.07) is 14.1. The van der Waals surface area contributed by atoms with E-state index < -0.39 is 0 Å². The third-order valence-corrected chi connectivity index (χ3v) is 4.96. The van der Waals surface area contributed by atoms with Gasteiger partial charge in [0.2, 0.25) is 6.79 Å². The number of ether oxygens (including phenoxy) is 4. The van der Waals surface area contributed by atoms with Gasteiger partial charge in [0.25, 0.3) is 0 Å². The molecule has 0 radical (unpaired) electrons. The Balaban J connectivity index is 1.43. The molecule has 5 heteroatoms. The molecule has 2 atom stereocenters. The fourth-order valence-electron chi connectivity index (χ4n) is 3.56. The SMILES string of the molecule is COc1ccc([C@H]2CCNC[C@@H]2COc2ccc3c(c2)OCO3)cc1. The Kier molecular flexibility index (Phi) is 4.65. The van der Waals surface area contributed by atoms with E-state index in [1.165, 1.54) is 5.56 Å². The van der Waals surface area contributed by atoms with E-state index in [9.17, 15) is 0 Å². The highest BCUT2D eigenvalue weighted by atomic mass is 16.7. The lowest BCUT2D eigenvalue weighted by molar-refractivity contribution is 0.173. The molecule has 0 saturated carbocycles. The van der Waals surface area contributed by atoms with Crippen LogP contribution in [0.3, 0.4) is 0 Å². The van der Waals surface area contributed by atoms with Crippen LogP contribution in [0.5, 0.6) is 23.0 Å². The zero-order chi connectivity index (χ0) is 17.1. The minimum atomic E-state index is 0.283. The highest BCUT2D eigenvalue weighted by Crippen LogP contribution is 2.36. The molecule has 1 fully saturated rings. The van der Waals surface area contributed by atoms with Crippen LogP contribution in [0.4, 0.5) is 0 Å². The Morgan fingerprint density at radius 2 is 1.84 bits per heavy atom. The average molecular weight is 341 g/mol. The lowest BCUT2D eigenvalue weighted by Crippen LogP contribution is -2.38. The quantitative estimate of drug-likeness (QED) is 0.905. The van der Waals surface area contributed by atoms with Crippen LogP contribution in [-0.2, 0) is 0 Å². The van der Waals surface area contributed by atoms with Crippen molar-refractivity contribution in [3.8, 4) is 23.0 Å². The molecule has 1 saturated heterocycles. The molecular weight excluding hydrogens is 318 g/mol. The van der Waals surface area contributed by atoms with Crippen LogP contribution in [0.15, 0.2) is 42.5 Å². The van der Waals surface area contributed by atoms with E-state index in [-0.39, 0.29) is 6.79 Å². The number of benzene rings is 2. The van der Waals surface area contributed by atoms with Crippen molar-refractivity contribution in [2.45, 2.75) is 12.3 Å². The van der Waals surface area contributed by atoms with Crippen LogP contribution in [0, 0.1) is 5.92 Å². The molecule has 2 aliphatic heterocycles. The molecule has 1 N–H and O–H groups in total. The van der Waals surface area contributed by atoms with Gasteiger partial charge in [-0.1, -0.05) is 12.1 Å². The number of hydrogen-bond acceptors (Lipinski definition) is 5. The van der Waals surface area contributed by atoms with Gasteiger partial charge in [0.1, 0.15) is 11.5 Å². The van der Waals surface area contributed by atoms with Gasteiger partial charge in [-0.25, -0.2) is 0 Å². The predicted molar refractivity (Wildman–Crippen MR) is 94.8 cm³/mol. The van der Waals surface area contributed by atoms with Gasteiger partial charge in [-0.05, 0) is 48.7 Å². The largest absolute Gasteiger partial charge is 0.497 e. The molecule has 2 heterocycles. The van der Waals surface area contributed by atoms with Gasteiger partial charge >= 0.3 is 0 Å². The normalized spacial score (nSPS) is 21.8. The molecule has 0 spiro atoms. The summed E-state index contributed by atoms with van der Waals surface area (Å²) >= 11 is 0. The Morgan fingerprint density at radius 1 is 1.04 bits per heavy atom. The Morgan fingerprint density at radius 3 is 2.68 bits per heavy atom. The molecule has 25 heavy (non-hydrogen) atoms. The molecule has 2 aromatic rings. The smallest absolute Gasteiger partial charge is 0.231 e. The second-order valence-electron chi connectivity index (χ2n) is 6.46. The summed E-state index contributed by atoms with van der Waals surface area (Å²) in [6.07, 6.45) is 1.11. The van der Waals surface area contributed by atoms with Crippen LogP contribution in [-0.4, -0.2) is 33.6 Å². The summed E-state index contributed by atoms with van der Waals surface area (Å²) in [5, 5.41) is 3.49. The summed E-state index contributed by atoms with van der Waals surface area (Å²) in [7, 11) is 1.70. The van der Waals surface area contributed by atoms with E-state index in [0.29, 0.717) is 18.4 Å². The highest BCUT2D eigenvalue weighted by molar-refractivity contribution is 5.46. The van der Waals surface area contributed by atoms with Gasteiger partial charge < -0.3 is 24.3 Å². The van der Waals surface area contributed by atoms with Gasteiger partial charge in [-0.3, -0.25) is 0 Å². The highest BCUT2D eigenvalue weighted by Gasteiger charge is 2.27. The van der Waals surface area contributed by atoms with Crippen molar-refractivity contribution >= 4 is 0 Å². The molecule has 132 valence electrons. The number of methoxy groups -OCH3 is 1. The lowest BCUT2D eigenvalue weighted by atomic mass is 9.81. The van der Waals surface area contributed by atoms with Crippen molar-refractivity contribution in [2.24, 2.45) is 5.92 Å². The third-order valence-electron chi connectivity index (χ3n) is 4.96. The summed E-state index contributed by atoms with van der Waals surface area (Å²) in [6.45, 7) is 2.95. The monoisotopic (exact) mass is 341 g/mol. The van der Waals surface area contributed by atoms with Crippen LogP contribution in [0.25, 0.3) is 0 Å². The third kappa shape index (κ3) is 3.51. The zero-order valence-corrected chi connectivity index (χ0v) is 14.4. The van der Waals surface area contributed by atoms with Gasteiger partial charge in [0, 0.05) is 18.5 Å². The second-order valence-corrected chi connectivity index (χ2v) is 6.46. The molecule has 2 aromatic carbocycles. The van der Waals surface area contributed by atoms with E-state index in [4.69, 9.17) is 18.9 Å². The van der Waals surface area contributed by atoms with Crippen LogP contribution in [0.2, 0.25) is 0 Å².